The molecule has 0 aromatic heterocycles. The van der Waals surface area contributed by atoms with Crippen molar-refractivity contribution in [1.29, 1.82) is 0 Å². The number of halogens is 6. The predicted octanol–water partition coefficient (Wildman–Crippen LogP) is 7.08. The predicted molar refractivity (Wildman–Crippen MR) is 140 cm³/mol. The average molecular weight is 620 g/mol. The lowest BCUT2D eigenvalue weighted by Gasteiger charge is -2.38. The van der Waals surface area contributed by atoms with Crippen LogP contribution in [0.25, 0.3) is 11.1 Å². The second kappa shape index (κ2) is 11.0. The van der Waals surface area contributed by atoms with Crippen molar-refractivity contribution in [2.45, 2.75) is 44.1 Å². The molecule has 0 spiro atoms. The number of carbonyl (C=O) groups is 1. The first-order valence-corrected chi connectivity index (χ1v) is 13.8. The summed E-state index contributed by atoms with van der Waals surface area (Å²) in [6.45, 7) is -0.679. The minimum atomic E-state index is -4.81. The number of alkyl halides is 5. The first-order valence-electron chi connectivity index (χ1n) is 12.0. The molecular weight excluding hydrogens is 597 g/mol. The molecule has 1 aliphatic rings. The number of fused-ring (bicyclic) bond motifs is 1. The van der Waals surface area contributed by atoms with E-state index >= 15 is 0 Å². The Bertz CT molecular complexity index is 1580. The summed E-state index contributed by atoms with van der Waals surface area (Å²) in [6.07, 6.45) is -5.90. The maximum Gasteiger partial charge on any atom is 0.416 e. The fourth-order valence-electron chi connectivity index (χ4n) is 4.34. The van der Waals surface area contributed by atoms with Gasteiger partial charge >= 0.3 is 18.8 Å². The van der Waals surface area contributed by atoms with Gasteiger partial charge in [0.05, 0.1) is 28.1 Å². The molecule has 0 radical (unpaired) electrons. The van der Waals surface area contributed by atoms with Gasteiger partial charge in [-0.1, -0.05) is 23.7 Å². The third kappa shape index (κ3) is 6.67. The first-order chi connectivity index (χ1) is 19.0. The molecule has 41 heavy (non-hydrogen) atoms. The summed E-state index contributed by atoms with van der Waals surface area (Å²) in [7, 11) is -4.64. The van der Waals surface area contributed by atoms with E-state index in [2.05, 4.69) is 4.74 Å². The van der Waals surface area contributed by atoms with E-state index in [0.29, 0.717) is 11.6 Å². The molecule has 1 aliphatic heterocycles. The highest BCUT2D eigenvalue weighted by molar-refractivity contribution is 7.92. The van der Waals surface area contributed by atoms with Crippen LogP contribution in [-0.2, 0) is 21.0 Å². The molecule has 0 aliphatic carbocycles. The molecule has 0 saturated heterocycles. The Labute approximate surface area is 237 Å². The van der Waals surface area contributed by atoms with Crippen LogP contribution in [0.1, 0.15) is 25.8 Å². The Balaban J connectivity index is 1.84. The van der Waals surface area contributed by atoms with Gasteiger partial charge in [-0.15, -0.1) is 0 Å². The minimum absolute atomic E-state index is 0.0211. The van der Waals surface area contributed by atoms with Crippen LogP contribution >= 0.6 is 11.6 Å². The lowest BCUT2D eigenvalue weighted by atomic mass is 9.86. The van der Waals surface area contributed by atoms with Crippen molar-refractivity contribution in [2.75, 3.05) is 10.8 Å². The van der Waals surface area contributed by atoms with E-state index in [-0.39, 0.29) is 34.2 Å². The molecule has 14 heteroatoms. The van der Waals surface area contributed by atoms with Gasteiger partial charge in [0.2, 0.25) is 0 Å². The highest BCUT2D eigenvalue weighted by Crippen LogP contribution is 2.43. The molecule has 4 rings (SSSR count). The fourth-order valence-corrected chi connectivity index (χ4v) is 6.11. The monoisotopic (exact) mass is 619 g/mol. The highest BCUT2D eigenvalue weighted by atomic mass is 35.5. The quantitative estimate of drug-likeness (QED) is 0.271. The molecule has 0 fully saturated rings. The summed E-state index contributed by atoms with van der Waals surface area (Å²) >= 11 is 6.07. The Morgan fingerprint density at radius 2 is 1.80 bits per heavy atom. The summed E-state index contributed by atoms with van der Waals surface area (Å²) in [5, 5.41) is 9.63. The van der Waals surface area contributed by atoms with Gasteiger partial charge in [0.1, 0.15) is 17.6 Å². The van der Waals surface area contributed by atoms with Gasteiger partial charge in [-0.25, -0.2) is 8.42 Å². The van der Waals surface area contributed by atoms with Crippen LogP contribution in [0.4, 0.5) is 27.6 Å². The highest BCUT2D eigenvalue weighted by Gasteiger charge is 2.40. The van der Waals surface area contributed by atoms with E-state index in [1.807, 2.05) is 0 Å². The van der Waals surface area contributed by atoms with E-state index in [4.69, 9.17) is 16.3 Å². The van der Waals surface area contributed by atoms with Crippen molar-refractivity contribution in [2.24, 2.45) is 5.41 Å². The Morgan fingerprint density at radius 3 is 2.44 bits per heavy atom. The summed E-state index contributed by atoms with van der Waals surface area (Å²) < 4.78 is 105. The summed E-state index contributed by atoms with van der Waals surface area (Å²) in [5.74, 6) is -1.38. The summed E-state index contributed by atoms with van der Waals surface area (Å²) in [5.41, 5.74) is -1.96. The van der Waals surface area contributed by atoms with Crippen LogP contribution in [0.3, 0.4) is 0 Å². The molecule has 3 aromatic carbocycles. The molecule has 1 N–H and O–H groups in total. The van der Waals surface area contributed by atoms with Crippen LogP contribution < -0.4 is 13.8 Å². The molecule has 0 bridgehead atoms. The zero-order valence-corrected chi connectivity index (χ0v) is 23.0. The Kier molecular flexibility index (Phi) is 8.16. The normalized spacial score (nSPS) is 15.8. The third-order valence-electron chi connectivity index (χ3n) is 6.39. The van der Waals surface area contributed by atoms with Crippen molar-refractivity contribution < 1.29 is 49.7 Å². The van der Waals surface area contributed by atoms with Crippen LogP contribution in [0.15, 0.2) is 65.6 Å². The summed E-state index contributed by atoms with van der Waals surface area (Å²) in [4.78, 5) is 11.1. The zero-order chi connectivity index (χ0) is 30.3. The van der Waals surface area contributed by atoms with E-state index in [0.717, 1.165) is 28.6 Å². The number of hydrogen-bond donors (Lipinski definition) is 1. The number of carboxylic acids is 1. The number of sulfonamides is 1. The molecule has 1 atom stereocenters. The van der Waals surface area contributed by atoms with Gasteiger partial charge in [-0.2, -0.15) is 22.0 Å². The van der Waals surface area contributed by atoms with Crippen LogP contribution in [0.2, 0.25) is 5.02 Å². The number of rotatable bonds is 8. The molecule has 3 aromatic rings. The Morgan fingerprint density at radius 1 is 1.10 bits per heavy atom. The second-order valence-electron chi connectivity index (χ2n) is 9.93. The number of carboxylic acid groups (broad SMARTS) is 1. The van der Waals surface area contributed by atoms with E-state index in [9.17, 15) is 40.3 Å². The number of ether oxygens (including phenoxy) is 2. The van der Waals surface area contributed by atoms with Crippen molar-refractivity contribution in [1.82, 2.24) is 0 Å². The maximum absolute atomic E-state index is 13.8. The smallest absolute Gasteiger partial charge is 0.416 e. The van der Waals surface area contributed by atoms with E-state index < -0.39 is 57.3 Å². The topological polar surface area (TPSA) is 93.1 Å². The molecule has 7 nitrogen and oxygen atoms in total. The van der Waals surface area contributed by atoms with Gasteiger partial charge in [0.25, 0.3) is 10.0 Å². The molecule has 0 amide bonds. The lowest BCUT2D eigenvalue weighted by molar-refractivity contribution is -0.148. The lowest BCUT2D eigenvalue weighted by Crippen LogP contribution is -2.46. The molecule has 1 unspecified atom stereocenters. The van der Waals surface area contributed by atoms with Crippen molar-refractivity contribution >= 4 is 33.3 Å². The zero-order valence-electron chi connectivity index (χ0n) is 21.5. The van der Waals surface area contributed by atoms with Gasteiger partial charge in [-0.05, 0) is 73.5 Å². The van der Waals surface area contributed by atoms with E-state index in [1.54, 1.807) is 0 Å². The van der Waals surface area contributed by atoms with Crippen molar-refractivity contribution in [3.05, 3.63) is 71.2 Å². The fraction of sp³-hybridized carbons (Fsp3) is 0.296. The van der Waals surface area contributed by atoms with Gasteiger partial charge in [-0.3, -0.25) is 9.10 Å². The van der Waals surface area contributed by atoms with Crippen molar-refractivity contribution in [3.63, 3.8) is 0 Å². The Hall–Kier alpha value is -3.58. The maximum atomic E-state index is 13.8. The van der Waals surface area contributed by atoms with Gasteiger partial charge in [0.15, 0.2) is 0 Å². The largest absolute Gasteiger partial charge is 0.486 e. The number of nitrogens with zero attached hydrogens (tertiary/aromatic N) is 1. The third-order valence-corrected chi connectivity index (χ3v) is 8.38. The number of anilines is 1. The van der Waals surface area contributed by atoms with E-state index in [1.165, 1.54) is 44.2 Å². The first kappa shape index (κ1) is 30.4. The molecule has 1 heterocycles. The summed E-state index contributed by atoms with van der Waals surface area (Å²) in [6, 6.07) is 11.3. The second-order valence-corrected chi connectivity index (χ2v) is 12.2. The standard InChI is InChI=1S/C27H23ClF5NO6S/c1-26(2,24(35)36)13-20-14-34(41(37,38)21-5-3-4-17(11-21)27(31,32)33)22-10-15(6-7-23(22)39-20)16-8-18(28)12-19(9-16)40-25(29)30/h3-12,20,25H,13-14H2,1-2H3,(H,35,36). The van der Waals surface area contributed by atoms with Crippen LogP contribution in [0, 0.1) is 5.41 Å². The minimum Gasteiger partial charge on any atom is -0.486 e. The molecular formula is C27H23ClF5NO6S. The number of hydrogen-bond acceptors (Lipinski definition) is 5. The number of aliphatic carboxylic acids is 1. The average Bonchev–Trinajstić information content (AvgIpc) is 2.86. The van der Waals surface area contributed by atoms with Gasteiger partial charge < -0.3 is 14.6 Å². The van der Waals surface area contributed by atoms with Crippen molar-refractivity contribution in [3.8, 4) is 22.6 Å². The molecule has 220 valence electrons. The molecule has 0 saturated carbocycles. The van der Waals surface area contributed by atoms with Crippen LogP contribution in [-0.4, -0.2) is 38.8 Å². The number of benzene rings is 3. The van der Waals surface area contributed by atoms with Gasteiger partial charge in [0, 0.05) is 11.4 Å². The SMILES string of the molecule is CC(C)(CC1CN(S(=O)(=O)c2cccc(C(F)(F)F)c2)c2cc(-c3cc(Cl)cc(OC(F)F)c3)ccc2O1)C(=O)O. The van der Waals surface area contributed by atoms with Crippen LogP contribution in [0.5, 0.6) is 11.5 Å².